The largest absolute Gasteiger partial charge is 0.344 e. The predicted octanol–water partition coefficient (Wildman–Crippen LogP) is 6.87. The molecule has 0 unspecified atom stereocenters. The highest BCUT2D eigenvalue weighted by atomic mass is 32.1. The monoisotopic (exact) mass is 484 g/mol. The normalized spacial score (nSPS) is 12.1. The summed E-state index contributed by atoms with van der Waals surface area (Å²) in [6.45, 7) is 4.06. The Labute approximate surface area is 207 Å². The number of nitrogens with zero attached hydrogens (tertiary/aromatic N) is 3. The smallest absolute Gasteiger partial charge is 0.252 e. The van der Waals surface area contributed by atoms with E-state index < -0.39 is 0 Å². The Morgan fingerprint density at radius 2 is 1.91 bits per heavy atom. The third-order valence-corrected chi connectivity index (χ3v) is 7.07. The molecule has 2 aromatic carbocycles. The van der Waals surface area contributed by atoms with E-state index in [4.69, 9.17) is 4.98 Å². The summed E-state index contributed by atoms with van der Waals surface area (Å²) in [6.07, 6.45) is 3.57. The summed E-state index contributed by atoms with van der Waals surface area (Å²) in [5.74, 6) is -0.421. The third kappa shape index (κ3) is 4.59. The summed E-state index contributed by atoms with van der Waals surface area (Å²) in [6, 6.07) is 19.7. The van der Waals surface area contributed by atoms with E-state index in [-0.39, 0.29) is 17.8 Å². The zero-order valence-corrected chi connectivity index (χ0v) is 20.3. The lowest BCUT2D eigenvalue weighted by Crippen LogP contribution is -2.28. The SMILES string of the molecule is CCC[C@H](NC(=O)c1cc(-c2cnn(-c3ccc(F)cc3)c2C)nc2ccccc12)c1cccs1. The number of halogens is 1. The minimum atomic E-state index is -0.297. The van der Waals surface area contributed by atoms with E-state index in [1.54, 1.807) is 34.3 Å². The molecule has 1 amide bonds. The molecule has 0 aliphatic rings. The number of thiophene rings is 1. The molecule has 0 aliphatic carbocycles. The second kappa shape index (κ2) is 9.80. The Bertz CT molecular complexity index is 1480. The van der Waals surface area contributed by atoms with E-state index in [9.17, 15) is 9.18 Å². The number of carbonyl (C=O) groups excluding carboxylic acids is 1. The van der Waals surface area contributed by atoms with Crippen molar-refractivity contribution < 1.29 is 9.18 Å². The van der Waals surface area contributed by atoms with Crippen LogP contribution in [0.4, 0.5) is 4.39 Å². The van der Waals surface area contributed by atoms with Gasteiger partial charge in [-0.05, 0) is 61.2 Å². The van der Waals surface area contributed by atoms with E-state index >= 15 is 0 Å². The molecule has 0 fully saturated rings. The molecule has 0 bridgehead atoms. The van der Waals surface area contributed by atoms with Crippen molar-refractivity contribution in [2.75, 3.05) is 0 Å². The number of amides is 1. The van der Waals surface area contributed by atoms with Gasteiger partial charge in [-0.15, -0.1) is 11.3 Å². The van der Waals surface area contributed by atoms with Crippen LogP contribution in [0, 0.1) is 12.7 Å². The number of para-hydroxylation sites is 1. The molecule has 176 valence electrons. The van der Waals surface area contributed by atoms with E-state index in [0.29, 0.717) is 11.3 Å². The number of rotatable bonds is 7. The van der Waals surface area contributed by atoms with Gasteiger partial charge >= 0.3 is 0 Å². The Morgan fingerprint density at radius 1 is 1.11 bits per heavy atom. The minimum Gasteiger partial charge on any atom is -0.344 e. The van der Waals surface area contributed by atoms with Crippen molar-refractivity contribution in [3.05, 3.63) is 100 Å². The lowest BCUT2D eigenvalue weighted by atomic mass is 10.0. The number of fused-ring (bicyclic) bond motifs is 1. The quantitative estimate of drug-likeness (QED) is 0.274. The number of hydrogen-bond acceptors (Lipinski definition) is 4. The fourth-order valence-corrected chi connectivity index (χ4v) is 5.12. The number of benzene rings is 2. The molecule has 0 radical (unpaired) electrons. The number of nitrogens with one attached hydrogen (secondary N) is 1. The van der Waals surface area contributed by atoms with Crippen molar-refractivity contribution in [2.24, 2.45) is 0 Å². The van der Waals surface area contributed by atoms with Gasteiger partial charge in [-0.25, -0.2) is 14.1 Å². The first-order valence-corrected chi connectivity index (χ1v) is 12.5. The molecule has 0 aliphatic heterocycles. The number of pyridine rings is 1. The summed E-state index contributed by atoms with van der Waals surface area (Å²) in [5.41, 5.74) is 4.42. The molecule has 1 atom stereocenters. The van der Waals surface area contributed by atoms with Crippen LogP contribution in [0.1, 0.15) is 46.7 Å². The predicted molar refractivity (Wildman–Crippen MR) is 138 cm³/mol. The molecule has 3 aromatic heterocycles. The summed E-state index contributed by atoms with van der Waals surface area (Å²) in [4.78, 5) is 19.6. The standard InChI is InChI=1S/C28H25FN4OS/c1-3-7-25(27-10-6-15-35-27)32-28(34)22-16-26(31-24-9-5-4-8-21(22)24)23-17-30-33(18(23)2)20-13-11-19(29)12-14-20/h4-6,8-17,25H,3,7H2,1-2H3,(H,32,34)/t25-/m0/s1. The van der Waals surface area contributed by atoms with Crippen LogP contribution in [0.2, 0.25) is 0 Å². The molecule has 0 saturated carbocycles. The highest BCUT2D eigenvalue weighted by molar-refractivity contribution is 7.10. The summed E-state index contributed by atoms with van der Waals surface area (Å²) < 4.78 is 15.1. The zero-order valence-electron chi connectivity index (χ0n) is 19.5. The topological polar surface area (TPSA) is 59.8 Å². The average Bonchev–Trinajstić information content (AvgIpc) is 3.54. The highest BCUT2D eigenvalue weighted by Crippen LogP contribution is 2.29. The molecular weight excluding hydrogens is 459 g/mol. The minimum absolute atomic E-state index is 0.0363. The van der Waals surface area contributed by atoms with E-state index in [1.165, 1.54) is 12.1 Å². The molecule has 35 heavy (non-hydrogen) atoms. The van der Waals surface area contributed by atoms with Gasteiger partial charge in [-0.3, -0.25) is 4.79 Å². The van der Waals surface area contributed by atoms with Crippen molar-refractivity contribution in [2.45, 2.75) is 32.7 Å². The van der Waals surface area contributed by atoms with Crippen LogP contribution in [0.25, 0.3) is 27.8 Å². The molecule has 5 aromatic rings. The fraction of sp³-hybridized carbons (Fsp3) is 0.179. The maximum Gasteiger partial charge on any atom is 0.252 e. The molecule has 5 nitrogen and oxygen atoms in total. The van der Waals surface area contributed by atoms with Crippen molar-refractivity contribution >= 4 is 28.1 Å². The van der Waals surface area contributed by atoms with Crippen LogP contribution in [-0.2, 0) is 0 Å². The van der Waals surface area contributed by atoms with Crippen molar-refractivity contribution in [1.29, 1.82) is 0 Å². The summed E-state index contributed by atoms with van der Waals surface area (Å²) in [7, 11) is 0. The Morgan fingerprint density at radius 3 is 2.66 bits per heavy atom. The van der Waals surface area contributed by atoms with Crippen LogP contribution < -0.4 is 5.32 Å². The highest BCUT2D eigenvalue weighted by Gasteiger charge is 2.20. The molecule has 5 rings (SSSR count). The van der Waals surface area contributed by atoms with Crippen molar-refractivity contribution in [3.63, 3.8) is 0 Å². The van der Waals surface area contributed by atoms with Gasteiger partial charge in [0.1, 0.15) is 5.82 Å². The van der Waals surface area contributed by atoms with E-state index in [0.717, 1.165) is 45.6 Å². The van der Waals surface area contributed by atoms with Gasteiger partial charge in [0.05, 0.1) is 40.4 Å². The van der Waals surface area contributed by atoms with Crippen molar-refractivity contribution in [3.8, 4) is 16.9 Å². The molecular formula is C28H25FN4OS. The van der Waals surface area contributed by atoms with Gasteiger partial charge in [0.2, 0.25) is 0 Å². The van der Waals surface area contributed by atoms with Crippen LogP contribution >= 0.6 is 11.3 Å². The Balaban J connectivity index is 1.56. The van der Waals surface area contributed by atoms with Crippen LogP contribution in [-0.4, -0.2) is 20.7 Å². The van der Waals surface area contributed by atoms with E-state index in [2.05, 4.69) is 23.4 Å². The molecule has 7 heteroatoms. The molecule has 0 saturated heterocycles. The van der Waals surface area contributed by atoms with Crippen molar-refractivity contribution in [1.82, 2.24) is 20.1 Å². The Hall–Kier alpha value is -3.84. The van der Waals surface area contributed by atoms with Gasteiger partial charge in [0.25, 0.3) is 5.91 Å². The van der Waals surface area contributed by atoms with Gasteiger partial charge in [-0.2, -0.15) is 5.10 Å². The summed E-state index contributed by atoms with van der Waals surface area (Å²) in [5, 5.41) is 10.6. The lowest BCUT2D eigenvalue weighted by molar-refractivity contribution is 0.0937. The van der Waals surface area contributed by atoms with Gasteiger partial charge in [-0.1, -0.05) is 37.6 Å². The number of carbonyl (C=O) groups is 1. The van der Waals surface area contributed by atoms with Crippen LogP contribution in [0.5, 0.6) is 0 Å². The number of hydrogen-bond donors (Lipinski definition) is 1. The Kier molecular flexibility index (Phi) is 6.42. The van der Waals surface area contributed by atoms with E-state index in [1.807, 2.05) is 48.7 Å². The maximum absolute atomic E-state index is 13.6. The molecule has 0 spiro atoms. The van der Waals surface area contributed by atoms with Gasteiger partial charge in [0, 0.05) is 15.8 Å². The second-order valence-electron chi connectivity index (χ2n) is 8.43. The van der Waals surface area contributed by atoms with Gasteiger partial charge < -0.3 is 5.32 Å². The maximum atomic E-state index is 13.6. The fourth-order valence-electron chi connectivity index (χ4n) is 4.30. The zero-order chi connectivity index (χ0) is 24.4. The average molecular weight is 485 g/mol. The summed E-state index contributed by atoms with van der Waals surface area (Å²) >= 11 is 1.65. The van der Waals surface area contributed by atoms with Gasteiger partial charge in [0.15, 0.2) is 0 Å². The lowest BCUT2D eigenvalue weighted by Gasteiger charge is -2.18. The first-order chi connectivity index (χ1) is 17.0. The first-order valence-electron chi connectivity index (χ1n) is 11.6. The van der Waals surface area contributed by atoms with Crippen LogP contribution in [0.3, 0.4) is 0 Å². The first kappa shape index (κ1) is 22.9. The second-order valence-corrected chi connectivity index (χ2v) is 9.41. The number of aromatic nitrogens is 3. The third-order valence-electron chi connectivity index (χ3n) is 6.09. The van der Waals surface area contributed by atoms with Crippen LogP contribution in [0.15, 0.2) is 78.3 Å². The molecule has 3 heterocycles. The molecule has 1 N–H and O–H groups in total.